The number of hydrogen-bond acceptors (Lipinski definition) is 6. The second kappa shape index (κ2) is 11.7. The highest BCUT2D eigenvalue weighted by Gasteiger charge is 2.30. The molecule has 5 rings (SSSR count). The molecule has 3 aromatic rings. The van der Waals surface area contributed by atoms with Crippen LogP contribution in [0.15, 0.2) is 41.5 Å². The Kier molecular flexibility index (Phi) is 8.28. The number of amides is 2. The minimum absolute atomic E-state index is 0.0102. The van der Waals surface area contributed by atoms with Crippen molar-refractivity contribution in [2.24, 2.45) is 10.9 Å². The van der Waals surface area contributed by atoms with Gasteiger partial charge in [-0.25, -0.2) is 17.8 Å². The number of nitrogens with zero attached hydrogens (tertiary/aromatic N) is 5. The van der Waals surface area contributed by atoms with Crippen LogP contribution in [0.25, 0.3) is 11.0 Å². The molecule has 13 heteroatoms. The van der Waals surface area contributed by atoms with Crippen LogP contribution < -0.4 is 15.8 Å². The van der Waals surface area contributed by atoms with Crippen LogP contribution in [0.3, 0.4) is 0 Å². The summed E-state index contributed by atoms with van der Waals surface area (Å²) in [6.07, 6.45) is 5.79. The normalized spacial score (nSPS) is 21.0. The molecule has 220 valence electrons. The molecule has 1 saturated carbocycles. The van der Waals surface area contributed by atoms with Crippen LogP contribution in [0.5, 0.6) is 0 Å². The average molecular weight is 586 g/mol. The average Bonchev–Trinajstić information content (AvgIpc) is 3.29. The maximum atomic E-state index is 13.4. The van der Waals surface area contributed by atoms with Crippen molar-refractivity contribution in [3.05, 3.63) is 53.5 Å². The van der Waals surface area contributed by atoms with E-state index in [0.717, 1.165) is 18.4 Å². The highest BCUT2D eigenvalue weighted by Crippen LogP contribution is 2.34. The number of rotatable bonds is 6. The number of fused-ring (bicyclic) bond motifs is 1. The van der Waals surface area contributed by atoms with Gasteiger partial charge in [-0.05, 0) is 63.8 Å². The molecule has 0 spiro atoms. The van der Waals surface area contributed by atoms with Crippen LogP contribution in [0.4, 0.5) is 10.2 Å². The van der Waals surface area contributed by atoms with Gasteiger partial charge in [-0.1, -0.05) is 0 Å². The van der Waals surface area contributed by atoms with Gasteiger partial charge in [0.15, 0.2) is 0 Å². The third-order valence-corrected chi connectivity index (χ3v) is 9.10. The predicted octanol–water partition coefficient (Wildman–Crippen LogP) is 2.58. The molecular weight excluding hydrogens is 549 g/mol. The molecule has 0 bridgehead atoms. The first kappa shape index (κ1) is 28.9. The monoisotopic (exact) mass is 585 g/mol. The Labute approximate surface area is 238 Å². The summed E-state index contributed by atoms with van der Waals surface area (Å²) in [6.45, 7) is 5.66. The summed E-state index contributed by atoms with van der Waals surface area (Å²) in [7, 11) is -3.26. The number of anilines is 1. The van der Waals surface area contributed by atoms with Crippen molar-refractivity contribution in [3.8, 4) is 0 Å². The molecule has 1 saturated heterocycles. The number of benzene rings is 1. The first-order valence-electron chi connectivity index (χ1n) is 13.9. The van der Waals surface area contributed by atoms with Gasteiger partial charge < -0.3 is 19.8 Å². The molecule has 0 atom stereocenters. The van der Waals surface area contributed by atoms with E-state index in [1.54, 1.807) is 6.20 Å². The summed E-state index contributed by atoms with van der Waals surface area (Å²) in [4.78, 5) is 40.0. The molecular formula is C28H36FN7O4S. The zero-order chi connectivity index (χ0) is 29.3. The Hall–Kier alpha value is -3.58. The van der Waals surface area contributed by atoms with Crippen LogP contribution in [0.1, 0.15) is 55.9 Å². The number of halogens is 1. The predicted molar refractivity (Wildman–Crippen MR) is 153 cm³/mol. The fraction of sp³-hybridized carbons (Fsp3) is 0.500. The first-order valence-corrected chi connectivity index (χ1v) is 15.8. The van der Waals surface area contributed by atoms with Gasteiger partial charge in [0, 0.05) is 55.8 Å². The summed E-state index contributed by atoms with van der Waals surface area (Å²) >= 11 is 0. The van der Waals surface area contributed by atoms with Crippen molar-refractivity contribution < 1.29 is 22.4 Å². The summed E-state index contributed by atoms with van der Waals surface area (Å²) in [5.41, 5.74) is 2.16. The second-order valence-corrected chi connectivity index (χ2v) is 13.1. The maximum absolute atomic E-state index is 13.4. The quantitative estimate of drug-likeness (QED) is 0.457. The van der Waals surface area contributed by atoms with E-state index >= 15 is 0 Å². The molecule has 3 heterocycles. The number of hydrogen-bond donors (Lipinski definition) is 2. The Morgan fingerprint density at radius 3 is 2.34 bits per heavy atom. The number of imidazole rings is 1. The zero-order valence-electron chi connectivity index (χ0n) is 23.5. The highest BCUT2D eigenvalue weighted by atomic mass is 32.2. The number of nitrogens with one attached hydrogen (secondary N) is 2. The third-order valence-electron chi connectivity index (χ3n) is 7.80. The van der Waals surface area contributed by atoms with E-state index in [0.29, 0.717) is 56.0 Å². The van der Waals surface area contributed by atoms with E-state index in [-0.39, 0.29) is 29.5 Å². The number of H-pyrrole nitrogens is 1. The van der Waals surface area contributed by atoms with E-state index in [1.165, 1.54) is 34.8 Å². The van der Waals surface area contributed by atoms with Crippen molar-refractivity contribution in [2.45, 2.75) is 51.6 Å². The van der Waals surface area contributed by atoms with Crippen LogP contribution in [-0.4, -0.2) is 77.5 Å². The zero-order valence-corrected chi connectivity index (χ0v) is 24.3. The Morgan fingerprint density at radius 1 is 1.07 bits per heavy atom. The number of sulfonamides is 1. The molecule has 41 heavy (non-hydrogen) atoms. The molecule has 1 aliphatic heterocycles. The van der Waals surface area contributed by atoms with Gasteiger partial charge in [-0.15, -0.1) is 0 Å². The lowest BCUT2D eigenvalue weighted by Crippen LogP contribution is -2.48. The summed E-state index contributed by atoms with van der Waals surface area (Å²) in [6, 6.07) is 7.28. The van der Waals surface area contributed by atoms with Gasteiger partial charge in [0.2, 0.25) is 21.5 Å². The number of pyridine rings is 1. The molecule has 1 aromatic carbocycles. The van der Waals surface area contributed by atoms with Gasteiger partial charge in [0.25, 0.3) is 5.91 Å². The molecule has 2 aromatic heterocycles. The number of piperazine rings is 1. The fourth-order valence-corrected chi connectivity index (χ4v) is 6.48. The van der Waals surface area contributed by atoms with Crippen molar-refractivity contribution in [1.82, 2.24) is 24.2 Å². The first-order chi connectivity index (χ1) is 19.5. The number of aromatic nitrogens is 3. The topological polar surface area (TPSA) is 133 Å². The van der Waals surface area contributed by atoms with Crippen LogP contribution >= 0.6 is 0 Å². The Morgan fingerprint density at radius 2 is 1.73 bits per heavy atom. The largest absolute Gasteiger partial charge is 0.354 e. The highest BCUT2D eigenvalue weighted by molar-refractivity contribution is 7.88. The molecule has 1 aliphatic carbocycles. The van der Waals surface area contributed by atoms with Crippen LogP contribution in [0.2, 0.25) is 0 Å². The number of aromatic amines is 1. The minimum atomic E-state index is -3.26. The number of carbonyl (C=O) groups is 2. The van der Waals surface area contributed by atoms with Gasteiger partial charge >= 0.3 is 0 Å². The molecule has 2 aliphatic rings. The molecule has 0 unspecified atom stereocenters. The van der Waals surface area contributed by atoms with Gasteiger partial charge in [-0.2, -0.15) is 9.30 Å². The van der Waals surface area contributed by atoms with Crippen molar-refractivity contribution in [1.29, 1.82) is 0 Å². The minimum Gasteiger partial charge on any atom is -0.354 e. The van der Waals surface area contributed by atoms with Crippen molar-refractivity contribution in [3.63, 3.8) is 0 Å². The van der Waals surface area contributed by atoms with Crippen molar-refractivity contribution >= 4 is 38.7 Å². The van der Waals surface area contributed by atoms with E-state index in [4.69, 9.17) is 0 Å². The summed E-state index contributed by atoms with van der Waals surface area (Å²) < 4.78 is 40.8. The van der Waals surface area contributed by atoms with E-state index in [1.807, 2.05) is 29.4 Å². The smallest absolute Gasteiger partial charge is 0.280 e. The van der Waals surface area contributed by atoms with Crippen LogP contribution in [-0.2, 0) is 14.8 Å². The van der Waals surface area contributed by atoms with Gasteiger partial charge in [0.1, 0.15) is 11.6 Å². The lowest BCUT2D eigenvalue weighted by atomic mass is 9.85. The van der Waals surface area contributed by atoms with Crippen LogP contribution in [0, 0.1) is 11.7 Å². The Bertz CT molecular complexity index is 1600. The second-order valence-electron chi connectivity index (χ2n) is 11.1. The number of carbonyl (C=O) groups excluding carboxylic acids is 2. The van der Waals surface area contributed by atoms with E-state index < -0.39 is 21.7 Å². The molecule has 2 N–H and O–H groups in total. The molecule has 2 amide bonds. The SMILES string of the molecule is CC(C)NC(=O)[C@H]1CC[C@@H](n2/c(=N/C(=O)c3ccc(F)cc3)[nH]c3cnc(N4CCN(S(C)(=O)=O)CC4)cc32)CC1. The lowest BCUT2D eigenvalue weighted by molar-refractivity contribution is -0.126. The van der Waals surface area contributed by atoms with E-state index in [9.17, 15) is 22.4 Å². The molecule has 11 nitrogen and oxygen atoms in total. The summed E-state index contributed by atoms with van der Waals surface area (Å²) in [5.74, 6) is -0.223. The Balaban J connectivity index is 1.49. The molecule has 2 fully saturated rings. The summed E-state index contributed by atoms with van der Waals surface area (Å²) in [5, 5.41) is 3.01. The lowest BCUT2D eigenvalue weighted by Gasteiger charge is -2.34. The van der Waals surface area contributed by atoms with E-state index in [2.05, 4.69) is 20.3 Å². The van der Waals surface area contributed by atoms with Gasteiger partial charge in [-0.3, -0.25) is 9.59 Å². The maximum Gasteiger partial charge on any atom is 0.280 e. The molecule has 0 radical (unpaired) electrons. The van der Waals surface area contributed by atoms with Gasteiger partial charge in [0.05, 0.1) is 23.5 Å². The fourth-order valence-electron chi connectivity index (χ4n) is 5.65. The standard InChI is InChI=1S/C28H36FN7O4S/c1-18(2)31-26(37)20-6-10-22(11-7-20)36-24-16-25(34-12-14-35(15-13-34)41(3,39)40)30-17-23(24)32-28(36)33-27(38)19-4-8-21(29)9-5-19/h4-5,8-9,16-18,20,22H,6-7,10-15H2,1-3H3,(H,31,37)(H,32,33,38)/t20-,22+. The van der Waals surface area contributed by atoms with Crippen molar-refractivity contribution in [2.75, 3.05) is 37.3 Å². The third kappa shape index (κ3) is 6.51.